The quantitative estimate of drug-likeness (QED) is 0.572. The molecule has 0 aliphatic carbocycles. The van der Waals surface area contributed by atoms with E-state index in [9.17, 15) is 0 Å². The van der Waals surface area contributed by atoms with Crippen molar-refractivity contribution in [3.05, 3.63) is 70.7 Å². The van der Waals surface area contributed by atoms with Crippen LogP contribution in [-0.4, -0.2) is 0 Å². The minimum Gasteiger partial charge on any atom is -0.454 e. The maximum Gasteiger partial charge on any atom is 0.153 e. The number of benzene rings is 2. The van der Waals surface area contributed by atoms with Gasteiger partial charge in [0.25, 0.3) is 0 Å². The van der Waals surface area contributed by atoms with Gasteiger partial charge in [-0.15, -0.1) is 0 Å². The molecule has 100 valence electrons. The molecular weight excluding hydrogens is 268 g/mol. The monoisotopic (exact) mass is 282 g/mol. The van der Waals surface area contributed by atoms with Crippen LogP contribution in [0, 0.1) is 13.8 Å². The van der Waals surface area contributed by atoms with Crippen molar-refractivity contribution >= 4 is 11.6 Å². The van der Waals surface area contributed by atoms with Crippen LogP contribution in [0.2, 0.25) is 5.02 Å². The number of aryl methyl sites for hydroxylation is 1. The van der Waals surface area contributed by atoms with Crippen LogP contribution in [0.25, 0.3) is 22.6 Å². The molecule has 2 aromatic carbocycles. The summed E-state index contributed by atoms with van der Waals surface area (Å²) in [6, 6.07) is 18.2. The first-order chi connectivity index (χ1) is 9.66. The molecule has 0 N–H and O–H groups in total. The van der Waals surface area contributed by atoms with Crippen LogP contribution in [0.1, 0.15) is 11.1 Å². The summed E-state index contributed by atoms with van der Waals surface area (Å²) >= 11 is 6.44. The summed E-state index contributed by atoms with van der Waals surface area (Å²) in [5, 5.41) is 0.687. The normalized spacial score (nSPS) is 10.8. The Morgan fingerprint density at radius 1 is 0.750 bits per heavy atom. The van der Waals surface area contributed by atoms with Crippen molar-refractivity contribution in [2.75, 3.05) is 0 Å². The molecule has 20 heavy (non-hydrogen) atoms. The fourth-order valence-electron chi connectivity index (χ4n) is 2.25. The molecule has 0 radical (unpaired) electrons. The number of hydrogen-bond acceptors (Lipinski definition) is 1. The molecule has 1 aromatic heterocycles. The highest BCUT2D eigenvalue weighted by Crippen LogP contribution is 2.39. The van der Waals surface area contributed by atoms with Gasteiger partial charge in [-0.3, -0.25) is 0 Å². The fraction of sp³-hybridized carbons (Fsp3) is 0.111. The first kappa shape index (κ1) is 13.0. The molecule has 0 aliphatic heterocycles. The van der Waals surface area contributed by atoms with Gasteiger partial charge in [-0.2, -0.15) is 0 Å². The summed E-state index contributed by atoms with van der Waals surface area (Å²) in [5.74, 6) is 1.58. The summed E-state index contributed by atoms with van der Waals surface area (Å²) in [5.41, 5.74) is 4.26. The van der Waals surface area contributed by atoms with Gasteiger partial charge in [0.2, 0.25) is 0 Å². The second kappa shape index (κ2) is 5.18. The Labute approximate surface area is 123 Å². The molecular formula is C18H15ClO. The van der Waals surface area contributed by atoms with Crippen LogP contribution >= 0.6 is 11.6 Å². The van der Waals surface area contributed by atoms with E-state index in [0.717, 1.165) is 28.2 Å². The van der Waals surface area contributed by atoms with Crippen LogP contribution < -0.4 is 0 Å². The number of hydrogen-bond donors (Lipinski definition) is 0. The predicted molar refractivity (Wildman–Crippen MR) is 84.1 cm³/mol. The van der Waals surface area contributed by atoms with E-state index in [1.165, 1.54) is 5.56 Å². The molecule has 0 atom stereocenters. The summed E-state index contributed by atoms with van der Waals surface area (Å²) in [6.45, 7) is 4.06. The average molecular weight is 283 g/mol. The molecule has 3 rings (SSSR count). The first-order valence-corrected chi connectivity index (χ1v) is 6.96. The van der Waals surface area contributed by atoms with Crippen molar-refractivity contribution in [2.45, 2.75) is 13.8 Å². The van der Waals surface area contributed by atoms with Crippen molar-refractivity contribution in [3.63, 3.8) is 0 Å². The molecule has 0 bridgehead atoms. The smallest absolute Gasteiger partial charge is 0.153 e. The molecule has 2 heteroatoms. The molecule has 0 aliphatic rings. The van der Waals surface area contributed by atoms with Crippen molar-refractivity contribution < 1.29 is 4.42 Å². The Morgan fingerprint density at radius 3 is 2.00 bits per heavy atom. The third-order valence-electron chi connectivity index (χ3n) is 3.42. The zero-order valence-electron chi connectivity index (χ0n) is 11.5. The van der Waals surface area contributed by atoms with Crippen LogP contribution in [0.5, 0.6) is 0 Å². The Balaban J connectivity index is 2.13. The van der Waals surface area contributed by atoms with E-state index in [-0.39, 0.29) is 0 Å². The van der Waals surface area contributed by atoms with Gasteiger partial charge in [0.15, 0.2) is 5.76 Å². The number of rotatable bonds is 2. The highest BCUT2D eigenvalue weighted by molar-refractivity contribution is 6.34. The highest BCUT2D eigenvalue weighted by atomic mass is 35.5. The molecule has 1 nitrogen and oxygen atoms in total. The van der Waals surface area contributed by atoms with E-state index in [2.05, 4.69) is 31.2 Å². The SMILES string of the molecule is Cc1ccc(-c2oc(-c3ccccc3)c(Cl)c2C)cc1. The van der Waals surface area contributed by atoms with Gasteiger partial charge < -0.3 is 4.42 Å². The van der Waals surface area contributed by atoms with E-state index in [4.69, 9.17) is 16.0 Å². The lowest BCUT2D eigenvalue weighted by molar-refractivity contribution is 0.596. The van der Waals surface area contributed by atoms with Crippen LogP contribution in [-0.2, 0) is 0 Å². The second-order valence-corrected chi connectivity index (χ2v) is 5.31. The van der Waals surface area contributed by atoms with Crippen LogP contribution in [0.4, 0.5) is 0 Å². The van der Waals surface area contributed by atoms with Crippen LogP contribution in [0.15, 0.2) is 59.0 Å². The maximum atomic E-state index is 6.44. The fourth-order valence-corrected chi connectivity index (χ4v) is 2.48. The van der Waals surface area contributed by atoms with E-state index >= 15 is 0 Å². The zero-order chi connectivity index (χ0) is 14.1. The lowest BCUT2D eigenvalue weighted by Crippen LogP contribution is -1.78. The Hall–Kier alpha value is -1.99. The third-order valence-corrected chi connectivity index (χ3v) is 3.88. The lowest BCUT2D eigenvalue weighted by atomic mass is 10.1. The van der Waals surface area contributed by atoms with E-state index in [1.54, 1.807) is 0 Å². The van der Waals surface area contributed by atoms with Gasteiger partial charge in [-0.25, -0.2) is 0 Å². The molecule has 0 fully saturated rings. The van der Waals surface area contributed by atoms with E-state index < -0.39 is 0 Å². The minimum atomic E-state index is 0.687. The van der Waals surface area contributed by atoms with Gasteiger partial charge >= 0.3 is 0 Å². The summed E-state index contributed by atoms with van der Waals surface area (Å²) < 4.78 is 6.03. The molecule has 0 unspecified atom stereocenters. The van der Waals surface area contributed by atoms with Gasteiger partial charge in [-0.05, 0) is 13.8 Å². The summed E-state index contributed by atoms with van der Waals surface area (Å²) in [6.07, 6.45) is 0. The molecule has 3 aromatic rings. The Bertz CT molecular complexity index is 724. The molecule has 0 saturated carbocycles. The highest BCUT2D eigenvalue weighted by Gasteiger charge is 2.17. The second-order valence-electron chi connectivity index (χ2n) is 4.93. The van der Waals surface area contributed by atoms with Crippen molar-refractivity contribution in [2.24, 2.45) is 0 Å². The molecule has 0 amide bonds. The largest absolute Gasteiger partial charge is 0.454 e. The Morgan fingerprint density at radius 2 is 1.35 bits per heavy atom. The number of furan rings is 1. The van der Waals surface area contributed by atoms with E-state index in [0.29, 0.717) is 5.02 Å². The van der Waals surface area contributed by atoms with Crippen molar-refractivity contribution in [1.82, 2.24) is 0 Å². The standard InChI is InChI=1S/C18H15ClO/c1-12-8-10-15(11-9-12)17-13(2)16(19)18(20-17)14-6-4-3-5-7-14/h3-11H,1-2H3. The summed E-state index contributed by atoms with van der Waals surface area (Å²) in [4.78, 5) is 0. The Kier molecular flexibility index (Phi) is 3.37. The predicted octanol–water partition coefficient (Wildman–Crippen LogP) is 5.88. The average Bonchev–Trinajstić information content (AvgIpc) is 2.77. The van der Waals surface area contributed by atoms with Gasteiger partial charge in [0.1, 0.15) is 5.76 Å². The van der Waals surface area contributed by atoms with Gasteiger partial charge in [0.05, 0.1) is 5.02 Å². The van der Waals surface area contributed by atoms with Crippen LogP contribution in [0.3, 0.4) is 0 Å². The van der Waals surface area contributed by atoms with E-state index in [1.807, 2.05) is 37.3 Å². The summed E-state index contributed by atoms with van der Waals surface area (Å²) in [7, 11) is 0. The first-order valence-electron chi connectivity index (χ1n) is 6.58. The van der Waals surface area contributed by atoms with Gasteiger partial charge in [0, 0.05) is 16.7 Å². The zero-order valence-corrected chi connectivity index (χ0v) is 12.2. The maximum absolute atomic E-state index is 6.44. The van der Waals surface area contributed by atoms with Crippen molar-refractivity contribution in [1.29, 1.82) is 0 Å². The van der Waals surface area contributed by atoms with Crippen molar-refractivity contribution in [3.8, 4) is 22.6 Å². The van der Waals surface area contributed by atoms with Gasteiger partial charge in [-0.1, -0.05) is 71.8 Å². The molecule has 1 heterocycles. The minimum absolute atomic E-state index is 0.687. The lowest BCUT2D eigenvalue weighted by Gasteiger charge is -2.00. The molecule has 0 spiro atoms. The third kappa shape index (κ3) is 2.25. The topological polar surface area (TPSA) is 13.1 Å². The molecule has 0 saturated heterocycles. The number of halogens is 1.